The Labute approximate surface area is 217 Å². The molecule has 2 aliphatic rings. The number of carboxylic acids is 1. The molecule has 13 heteroatoms. The van der Waals surface area contributed by atoms with Crippen LogP contribution in [0.3, 0.4) is 0 Å². The van der Waals surface area contributed by atoms with Gasteiger partial charge in [-0.25, -0.2) is 9.48 Å². The average molecular weight is 537 g/mol. The van der Waals surface area contributed by atoms with Gasteiger partial charge in [-0.2, -0.15) is 28.2 Å². The number of carbonyl (C=O) groups is 1. The third-order valence-corrected chi connectivity index (χ3v) is 6.62. The molecule has 2 aliphatic heterocycles. The van der Waals surface area contributed by atoms with Crippen molar-refractivity contribution >= 4 is 22.7 Å². The van der Waals surface area contributed by atoms with E-state index < -0.39 is 12.1 Å². The number of halogens is 3. The highest BCUT2D eigenvalue weighted by molar-refractivity contribution is 5.82. The van der Waals surface area contributed by atoms with Gasteiger partial charge in [0.2, 0.25) is 0 Å². The molecule has 0 amide bonds. The van der Waals surface area contributed by atoms with Gasteiger partial charge >= 0.3 is 18.2 Å². The SMILES string of the molecule is COc1nc(N2CCOC(C)C2)cc(-n2ncc3cc(C)c(C4CCNCC4)cc32)n1.O=C(O)C(F)(F)F. The van der Waals surface area contributed by atoms with Crippen molar-refractivity contribution in [3.05, 3.63) is 35.5 Å². The second-order valence-electron chi connectivity index (χ2n) is 9.35. The molecule has 10 nitrogen and oxygen atoms in total. The van der Waals surface area contributed by atoms with Gasteiger partial charge in [0.05, 0.1) is 31.5 Å². The van der Waals surface area contributed by atoms with Crippen molar-refractivity contribution in [2.45, 2.75) is 44.9 Å². The number of aromatic nitrogens is 4. The number of hydrogen-bond acceptors (Lipinski definition) is 8. The molecular weight excluding hydrogens is 505 g/mol. The van der Waals surface area contributed by atoms with E-state index in [4.69, 9.17) is 19.4 Å². The van der Waals surface area contributed by atoms with Gasteiger partial charge in [-0.1, -0.05) is 0 Å². The molecule has 0 saturated carbocycles. The highest BCUT2D eigenvalue weighted by Crippen LogP contribution is 2.32. The van der Waals surface area contributed by atoms with Crippen molar-refractivity contribution in [1.82, 2.24) is 25.1 Å². The van der Waals surface area contributed by atoms with Gasteiger partial charge in [-0.05, 0) is 69.0 Å². The van der Waals surface area contributed by atoms with E-state index in [-0.39, 0.29) is 6.10 Å². The van der Waals surface area contributed by atoms with Crippen molar-refractivity contribution in [1.29, 1.82) is 0 Å². The Kier molecular flexibility index (Phi) is 8.36. The van der Waals surface area contributed by atoms with Gasteiger partial charge in [0, 0.05) is 24.5 Å². The van der Waals surface area contributed by atoms with Crippen LogP contribution in [-0.2, 0) is 9.53 Å². The number of methoxy groups -OCH3 is 1. The molecule has 0 spiro atoms. The van der Waals surface area contributed by atoms with E-state index in [2.05, 4.69) is 51.3 Å². The number of hydrogen-bond donors (Lipinski definition) is 2. The molecule has 2 N–H and O–H groups in total. The first-order valence-corrected chi connectivity index (χ1v) is 12.4. The number of ether oxygens (including phenoxy) is 2. The molecule has 206 valence electrons. The number of aryl methyl sites for hydroxylation is 1. The largest absolute Gasteiger partial charge is 0.490 e. The second kappa shape index (κ2) is 11.5. The summed E-state index contributed by atoms with van der Waals surface area (Å²) < 4.78 is 44.8. The van der Waals surface area contributed by atoms with Crippen molar-refractivity contribution in [3.8, 4) is 11.8 Å². The third kappa shape index (κ3) is 6.33. The van der Waals surface area contributed by atoms with Crippen LogP contribution in [0.5, 0.6) is 6.01 Å². The summed E-state index contributed by atoms with van der Waals surface area (Å²) in [7, 11) is 1.60. The molecule has 0 radical (unpaired) electrons. The van der Waals surface area contributed by atoms with Gasteiger partial charge < -0.3 is 24.8 Å². The molecule has 2 aromatic heterocycles. The smallest absolute Gasteiger partial charge is 0.475 e. The lowest BCUT2D eigenvalue weighted by Gasteiger charge is -2.32. The van der Waals surface area contributed by atoms with Gasteiger partial charge in [0.25, 0.3) is 0 Å². The number of fused-ring (bicyclic) bond motifs is 1. The third-order valence-electron chi connectivity index (χ3n) is 6.62. The zero-order chi connectivity index (χ0) is 27.4. The van der Waals surface area contributed by atoms with Crippen LogP contribution in [0.15, 0.2) is 24.4 Å². The molecule has 5 rings (SSSR count). The molecule has 0 bridgehead atoms. The molecule has 38 heavy (non-hydrogen) atoms. The Balaban J connectivity index is 0.000000426. The summed E-state index contributed by atoms with van der Waals surface area (Å²) in [5, 5.41) is 16.4. The summed E-state index contributed by atoms with van der Waals surface area (Å²) >= 11 is 0. The molecule has 1 aromatic carbocycles. The Morgan fingerprint density at radius 1 is 1.18 bits per heavy atom. The summed E-state index contributed by atoms with van der Waals surface area (Å²) in [4.78, 5) is 20.3. The van der Waals surface area contributed by atoms with Crippen LogP contribution < -0.4 is 15.0 Å². The quantitative estimate of drug-likeness (QED) is 0.517. The average Bonchev–Trinajstić information content (AvgIpc) is 3.31. The predicted octanol–water partition coefficient (Wildman–Crippen LogP) is 3.46. The van der Waals surface area contributed by atoms with Gasteiger partial charge in [-0.15, -0.1) is 0 Å². The highest BCUT2D eigenvalue weighted by atomic mass is 19.4. The first-order valence-electron chi connectivity index (χ1n) is 12.4. The Morgan fingerprint density at radius 2 is 1.87 bits per heavy atom. The zero-order valence-electron chi connectivity index (χ0n) is 21.5. The van der Waals surface area contributed by atoms with E-state index in [9.17, 15) is 13.2 Å². The number of piperidine rings is 1. The number of carboxylic acid groups (broad SMARTS) is 1. The number of anilines is 1. The summed E-state index contributed by atoms with van der Waals surface area (Å²) in [6, 6.07) is 6.90. The topological polar surface area (TPSA) is 115 Å². The van der Waals surface area contributed by atoms with Crippen molar-refractivity contribution < 1.29 is 32.5 Å². The van der Waals surface area contributed by atoms with Crippen LogP contribution in [0.25, 0.3) is 16.7 Å². The molecule has 1 atom stereocenters. The standard InChI is InChI=1S/C23H30N6O2.C2HF3O2/c1-15-10-18-13-25-29(20(18)11-19(15)17-4-6-24-7-5-17)22-12-21(26-23(27-22)30-3)28-8-9-31-16(2)14-28;3-2(4,5)1(6)7/h10-13,16-17,24H,4-9,14H2,1-3H3;(H,6,7). The highest BCUT2D eigenvalue weighted by Gasteiger charge is 2.38. The molecule has 0 aliphatic carbocycles. The van der Waals surface area contributed by atoms with Crippen LogP contribution in [0.2, 0.25) is 0 Å². The van der Waals surface area contributed by atoms with Crippen LogP contribution in [-0.4, -0.2) is 83.0 Å². The van der Waals surface area contributed by atoms with Gasteiger partial charge in [0.15, 0.2) is 5.82 Å². The molecular formula is C25H31F3N6O4. The minimum atomic E-state index is -5.08. The first kappa shape index (κ1) is 27.6. The predicted molar refractivity (Wildman–Crippen MR) is 134 cm³/mol. The molecule has 3 aromatic rings. The van der Waals surface area contributed by atoms with E-state index in [1.807, 2.05) is 16.9 Å². The number of alkyl halides is 3. The molecule has 2 saturated heterocycles. The fourth-order valence-corrected chi connectivity index (χ4v) is 4.75. The van der Waals surface area contributed by atoms with Crippen molar-refractivity contribution in [2.24, 2.45) is 0 Å². The summed E-state index contributed by atoms with van der Waals surface area (Å²) in [5.41, 5.74) is 3.82. The van der Waals surface area contributed by atoms with Crippen molar-refractivity contribution in [2.75, 3.05) is 44.8 Å². The van der Waals surface area contributed by atoms with E-state index in [1.165, 1.54) is 24.0 Å². The fraction of sp³-hybridized carbons (Fsp3) is 0.520. The minimum absolute atomic E-state index is 0.166. The summed E-state index contributed by atoms with van der Waals surface area (Å²) in [6.07, 6.45) is -0.665. The maximum atomic E-state index is 10.6. The summed E-state index contributed by atoms with van der Waals surface area (Å²) in [5.74, 6) is -0.616. The fourth-order valence-electron chi connectivity index (χ4n) is 4.75. The molecule has 4 heterocycles. The van der Waals surface area contributed by atoms with Gasteiger partial charge in [-0.3, -0.25) is 0 Å². The maximum Gasteiger partial charge on any atom is 0.490 e. The Morgan fingerprint density at radius 3 is 2.50 bits per heavy atom. The van der Waals surface area contributed by atoms with E-state index in [0.717, 1.165) is 48.7 Å². The second-order valence-corrected chi connectivity index (χ2v) is 9.35. The van der Waals surface area contributed by atoms with Crippen LogP contribution in [0.4, 0.5) is 19.0 Å². The van der Waals surface area contributed by atoms with E-state index in [0.29, 0.717) is 18.5 Å². The van der Waals surface area contributed by atoms with E-state index >= 15 is 0 Å². The van der Waals surface area contributed by atoms with Gasteiger partial charge in [0.1, 0.15) is 5.82 Å². The minimum Gasteiger partial charge on any atom is -0.475 e. The number of aliphatic carboxylic acids is 1. The lowest BCUT2D eigenvalue weighted by molar-refractivity contribution is -0.192. The lowest BCUT2D eigenvalue weighted by atomic mass is 9.87. The van der Waals surface area contributed by atoms with Crippen LogP contribution >= 0.6 is 0 Å². The van der Waals surface area contributed by atoms with Crippen molar-refractivity contribution in [3.63, 3.8) is 0 Å². The Hall–Kier alpha value is -3.45. The lowest BCUT2D eigenvalue weighted by Crippen LogP contribution is -2.41. The molecule has 2 fully saturated rings. The monoisotopic (exact) mass is 536 g/mol. The maximum absolute atomic E-state index is 10.6. The van der Waals surface area contributed by atoms with Crippen LogP contribution in [0.1, 0.15) is 36.8 Å². The number of nitrogens with one attached hydrogen (secondary N) is 1. The van der Waals surface area contributed by atoms with E-state index in [1.54, 1.807) is 7.11 Å². The number of rotatable bonds is 4. The molecule has 1 unspecified atom stereocenters. The zero-order valence-corrected chi connectivity index (χ0v) is 21.5. The number of benzene rings is 1. The Bertz CT molecular complexity index is 1280. The number of nitrogens with zero attached hydrogens (tertiary/aromatic N) is 5. The normalized spacial score (nSPS) is 18.7. The number of morpholine rings is 1. The summed E-state index contributed by atoms with van der Waals surface area (Å²) in [6.45, 7) is 8.71. The first-order chi connectivity index (χ1) is 18.1. The van der Waals surface area contributed by atoms with Crippen LogP contribution in [0, 0.1) is 6.92 Å².